The summed E-state index contributed by atoms with van der Waals surface area (Å²) >= 11 is 0. The van der Waals surface area contributed by atoms with E-state index in [-0.39, 0.29) is 24.1 Å². The SMILES string of the molecule is CCC(CC1CC1)NC(=O)Cn1cc(N)ccc1=O. The lowest BCUT2D eigenvalue weighted by molar-refractivity contribution is -0.122. The number of nitrogen functional groups attached to an aromatic ring is 1. The molecule has 1 amide bonds. The molecule has 0 aromatic carbocycles. The monoisotopic (exact) mass is 263 g/mol. The molecule has 1 aliphatic rings. The van der Waals surface area contributed by atoms with E-state index in [0.29, 0.717) is 5.69 Å². The lowest BCUT2D eigenvalue weighted by atomic mass is 10.1. The largest absolute Gasteiger partial charge is 0.398 e. The number of aromatic nitrogens is 1. The van der Waals surface area contributed by atoms with Gasteiger partial charge in [-0.05, 0) is 24.8 Å². The van der Waals surface area contributed by atoms with Crippen molar-refractivity contribution in [2.75, 3.05) is 5.73 Å². The number of pyridine rings is 1. The molecule has 19 heavy (non-hydrogen) atoms. The van der Waals surface area contributed by atoms with E-state index in [9.17, 15) is 9.59 Å². The Morgan fingerprint density at radius 2 is 2.26 bits per heavy atom. The Morgan fingerprint density at radius 3 is 2.89 bits per heavy atom. The van der Waals surface area contributed by atoms with E-state index in [1.807, 2.05) is 0 Å². The van der Waals surface area contributed by atoms with Crippen molar-refractivity contribution in [3.63, 3.8) is 0 Å². The average Bonchev–Trinajstić information content (AvgIpc) is 3.17. The van der Waals surface area contributed by atoms with Gasteiger partial charge in [0.15, 0.2) is 0 Å². The highest BCUT2D eigenvalue weighted by Crippen LogP contribution is 2.33. The van der Waals surface area contributed by atoms with Crippen LogP contribution >= 0.6 is 0 Å². The van der Waals surface area contributed by atoms with Crippen LogP contribution in [0.25, 0.3) is 0 Å². The lowest BCUT2D eigenvalue weighted by Crippen LogP contribution is -2.38. The molecule has 5 heteroatoms. The fourth-order valence-corrected chi connectivity index (χ4v) is 2.19. The molecule has 1 heterocycles. The van der Waals surface area contributed by atoms with Gasteiger partial charge in [-0.15, -0.1) is 0 Å². The number of carbonyl (C=O) groups is 1. The van der Waals surface area contributed by atoms with Crippen LogP contribution in [-0.4, -0.2) is 16.5 Å². The summed E-state index contributed by atoms with van der Waals surface area (Å²) in [6.07, 6.45) is 6.04. The fraction of sp³-hybridized carbons (Fsp3) is 0.571. The molecule has 3 N–H and O–H groups in total. The number of nitrogens with two attached hydrogens (primary N) is 1. The molecule has 2 rings (SSSR count). The molecule has 0 spiro atoms. The Morgan fingerprint density at radius 1 is 1.53 bits per heavy atom. The first kappa shape index (κ1) is 13.6. The smallest absolute Gasteiger partial charge is 0.251 e. The van der Waals surface area contributed by atoms with Gasteiger partial charge in [0.05, 0.1) is 0 Å². The Bertz CT molecular complexity index is 506. The van der Waals surface area contributed by atoms with E-state index in [1.165, 1.54) is 29.7 Å². The number of hydrogen-bond donors (Lipinski definition) is 2. The van der Waals surface area contributed by atoms with Crippen LogP contribution in [0.5, 0.6) is 0 Å². The summed E-state index contributed by atoms with van der Waals surface area (Å²) in [5.41, 5.74) is 5.89. The van der Waals surface area contributed by atoms with Crippen LogP contribution in [0.2, 0.25) is 0 Å². The topological polar surface area (TPSA) is 77.1 Å². The van der Waals surface area contributed by atoms with Gasteiger partial charge in [0.25, 0.3) is 5.56 Å². The molecule has 0 bridgehead atoms. The van der Waals surface area contributed by atoms with Crippen LogP contribution < -0.4 is 16.6 Å². The van der Waals surface area contributed by atoms with Gasteiger partial charge >= 0.3 is 0 Å². The number of nitrogens with one attached hydrogen (secondary N) is 1. The minimum absolute atomic E-state index is 0.0328. The standard InChI is InChI=1S/C14H21N3O2/c1-2-12(7-10-3-4-10)16-13(18)9-17-8-11(15)5-6-14(17)19/h5-6,8,10,12H,2-4,7,9,15H2,1H3,(H,16,18). The molecule has 1 atom stereocenters. The van der Waals surface area contributed by atoms with E-state index in [2.05, 4.69) is 12.2 Å². The predicted octanol–water partition coefficient (Wildman–Crippen LogP) is 1.13. The Kier molecular flexibility index (Phi) is 4.24. The Hall–Kier alpha value is -1.78. The van der Waals surface area contributed by atoms with Gasteiger partial charge in [-0.3, -0.25) is 9.59 Å². The third-order valence-electron chi connectivity index (χ3n) is 3.49. The number of hydrogen-bond acceptors (Lipinski definition) is 3. The molecule has 1 unspecified atom stereocenters. The average molecular weight is 263 g/mol. The van der Waals surface area contributed by atoms with Gasteiger partial charge in [-0.2, -0.15) is 0 Å². The summed E-state index contributed by atoms with van der Waals surface area (Å²) in [5.74, 6) is 0.653. The van der Waals surface area contributed by atoms with Crippen molar-refractivity contribution in [3.05, 3.63) is 28.7 Å². The minimum Gasteiger partial charge on any atom is -0.398 e. The molecule has 104 valence electrons. The highest BCUT2D eigenvalue weighted by molar-refractivity contribution is 5.76. The zero-order chi connectivity index (χ0) is 13.8. The van der Waals surface area contributed by atoms with E-state index >= 15 is 0 Å². The van der Waals surface area contributed by atoms with Crippen LogP contribution in [0.15, 0.2) is 23.1 Å². The first-order chi connectivity index (χ1) is 9.08. The second-order valence-electron chi connectivity index (χ2n) is 5.28. The lowest BCUT2D eigenvalue weighted by Gasteiger charge is -2.17. The summed E-state index contributed by atoms with van der Waals surface area (Å²) < 4.78 is 1.34. The second-order valence-corrected chi connectivity index (χ2v) is 5.28. The molecule has 0 radical (unpaired) electrons. The first-order valence-corrected chi connectivity index (χ1v) is 6.83. The van der Waals surface area contributed by atoms with E-state index in [0.717, 1.165) is 18.8 Å². The molecular formula is C14H21N3O2. The highest BCUT2D eigenvalue weighted by Gasteiger charge is 2.25. The predicted molar refractivity (Wildman–Crippen MR) is 74.7 cm³/mol. The maximum Gasteiger partial charge on any atom is 0.251 e. The van der Waals surface area contributed by atoms with Gasteiger partial charge in [0.1, 0.15) is 6.54 Å². The van der Waals surface area contributed by atoms with E-state index < -0.39 is 0 Å². The van der Waals surface area contributed by atoms with Crippen LogP contribution in [0.1, 0.15) is 32.6 Å². The number of carbonyl (C=O) groups excluding carboxylic acids is 1. The zero-order valence-corrected chi connectivity index (χ0v) is 11.3. The maximum absolute atomic E-state index is 11.9. The summed E-state index contributed by atoms with van der Waals surface area (Å²) in [5, 5.41) is 2.99. The molecule has 1 aliphatic carbocycles. The third kappa shape index (κ3) is 4.12. The van der Waals surface area contributed by atoms with Gasteiger partial charge in [0.2, 0.25) is 5.91 Å². The molecule has 0 aliphatic heterocycles. The minimum atomic E-state index is -0.209. The fourth-order valence-electron chi connectivity index (χ4n) is 2.19. The second kappa shape index (κ2) is 5.91. The Labute approximate surface area is 112 Å². The van der Waals surface area contributed by atoms with Crippen molar-refractivity contribution < 1.29 is 4.79 Å². The van der Waals surface area contributed by atoms with Crippen molar-refractivity contribution in [2.45, 2.75) is 45.2 Å². The van der Waals surface area contributed by atoms with Crippen molar-refractivity contribution in [3.8, 4) is 0 Å². The molecule has 0 saturated heterocycles. The summed E-state index contributed by atoms with van der Waals surface area (Å²) in [6.45, 7) is 2.10. The van der Waals surface area contributed by atoms with Crippen LogP contribution in [0.4, 0.5) is 5.69 Å². The van der Waals surface area contributed by atoms with Crippen LogP contribution in [0.3, 0.4) is 0 Å². The van der Waals surface area contributed by atoms with Gasteiger partial charge in [-0.1, -0.05) is 19.8 Å². The van der Waals surface area contributed by atoms with Crippen molar-refractivity contribution in [2.24, 2.45) is 5.92 Å². The van der Waals surface area contributed by atoms with Gasteiger partial charge < -0.3 is 15.6 Å². The number of amides is 1. The van der Waals surface area contributed by atoms with Crippen LogP contribution in [-0.2, 0) is 11.3 Å². The van der Waals surface area contributed by atoms with Crippen molar-refractivity contribution in [1.29, 1.82) is 0 Å². The van der Waals surface area contributed by atoms with E-state index in [4.69, 9.17) is 5.73 Å². The molecular weight excluding hydrogens is 242 g/mol. The molecule has 1 aromatic heterocycles. The normalized spacial score (nSPS) is 16.1. The summed E-state index contributed by atoms with van der Waals surface area (Å²) in [4.78, 5) is 23.5. The first-order valence-electron chi connectivity index (χ1n) is 6.83. The van der Waals surface area contributed by atoms with E-state index in [1.54, 1.807) is 6.07 Å². The molecule has 1 fully saturated rings. The van der Waals surface area contributed by atoms with Gasteiger partial charge in [0, 0.05) is 24.0 Å². The number of rotatable bonds is 6. The summed E-state index contributed by atoms with van der Waals surface area (Å²) in [6, 6.07) is 3.14. The van der Waals surface area contributed by atoms with Crippen LogP contribution in [0, 0.1) is 5.92 Å². The quantitative estimate of drug-likeness (QED) is 0.807. The van der Waals surface area contributed by atoms with Crippen molar-refractivity contribution in [1.82, 2.24) is 9.88 Å². The maximum atomic E-state index is 11.9. The van der Waals surface area contributed by atoms with Crippen molar-refractivity contribution >= 4 is 11.6 Å². The molecule has 1 aromatic rings. The summed E-state index contributed by atoms with van der Waals surface area (Å²) in [7, 11) is 0. The van der Waals surface area contributed by atoms with Gasteiger partial charge in [-0.25, -0.2) is 0 Å². The zero-order valence-electron chi connectivity index (χ0n) is 11.3. The number of nitrogens with zero attached hydrogens (tertiary/aromatic N) is 1. The number of anilines is 1. The molecule has 5 nitrogen and oxygen atoms in total. The Balaban J connectivity index is 1.92. The molecule has 1 saturated carbocycles. The third-order valence-corrected chi connectivity index (χ3v) is 3.49. The highest BCUT2D eigenvalue weighted by atomic mass is 16.2.